The molecule has 3 rings (SSSR count). The van der Waals surface area contributed by atoms with Gasteiger partial charge in [-0.05, 0) is 35.4 Å². The van der Waals surface area contributed by atoms with Crippen molar-refractivity contribution in [2.45, 2.75) is 5.75 Å². The van der Waals surface area contributed by atoms with Crippen LogP contribution in [0.5, 0.6) is 0 Å². The zero-order valence-electron chi connectivity index (χ0n) is 13.6. The maximum Gasteiger partial charge on any atom is 0.201 e. The third kappa shape index (κ3) is 4.90. The third-order valence-corrected chi connectivity index (χ3v) is 4.43. The molecule has 0 amide bonds. The summed E-state index contributed by atoms with van der Waals surface area (Å²) in [5.41, 5.74) is 3.23. The minimum atomic E-state index is -3.05. The van der Waals surface area contributed by atoms with Crippen LogP contribution in [0.15, 0.2) is 53.5 Å². The van der Waals surface area contributed by atoms with Gasteiger partial charge >= 0.3 is 0 Å². The predicted molar refractivity (Wildman–Crippen MR) is 97.1 cm³/mol. The first-order chi connectivity index (χ1) is 11.9. The molecule has 0 aliphatic carbocycles. The van der Waals surface area contributed by atoms with Crippen molar-refractivity contribution in [3.8, 4) is 0 Å². The number of sulfone groups is 1. The largest absolute Gasteiger partial charge is 0.352 e. The Morgan fingerprint density at radius 2 is 1.84 bits per heavy atom. The summed E-state index contributed by atoms with van der Waals surface area (Å²) in [6.07, 6.45) is 4.15. The molecule has 129 valence electrons. The second kappa shape index (κ2) is 7.06. The van der Waals surface area contributed by atoms with Crippen molar-refractivity contribution in [2.24, 2.45) is 4.99 Å². The maximum absolute atomic E-state index is 13.0. The Morgan fingerprint density at radius 1 is 1.16 bits per heavy atom. The van der Waals surface area contributed by atoms with E-state index in [0.717, 1.165) is 22.4 Å². The molecule has 2 aromatic rings. The van der Waals surface area contributed by atoms with E-state index in [2.05, 4.69) is 21.8 Å². The number of hydrogen-bond donors (Lipinski definition) is 2. The van der Waals surface area contributed by atoms with E-state index in [1.54, 1.807) is 36.4 Å². The van der Waals surface area contributed by atoms with Gasteiger partial charge in [-0.15, -0.1) is 0 Å². The van der Waals surface area contributed by atoms with Crippen molar-refractivity contribution in [3.63, 3.8) is 0 Å². The van der Waals surface area contributed by atoms with Gasteiger partial charge in [0, 0.05) is 24.1 Å². The summed E-state index contributed by atoms with van der Waals surface area (Å²) in [7, 11) is -3.05. The summed E-state index contributed by atoms with van der Waals surface area (Å²) < 4.78 is 35.5. The van der Waals surface area contributed by atoms with E-state index in [1.807, 2.05) is 0 Å². The molecular weight excluding hydrogens is 341 g/mol. The number of nitrogens with zero attached hydrogens (tertiary/aromatic N) is 1. The Hall–Kier alpha value is -2.67. The van der Waals surface area contributed by atoms with Gasteiger partial charge in [0.05, 0.1) is 12.0 Å². The van der Waals surface area contributed by atoms with Crippen molar-refractivity contribution >= 4 is 27.1 Å². The van der Waals surface area contributed by atoms with E-state index < -0.39 is 9.84 Å². The van der Waals surface area contributed by atoms with Gasteiger partial charge in [-0.3, -0.25) is 0 Å². The molecule has 0 atom stereocenters. The summed E-state index contributed by atoms with van der Waals surface area (Å²) in [4.78, 5) is 4.20. The van der Waals surface area contributed by atoms with Crippen LogP contribution in [0.3, 0.4) is 0 Å². The number of rotatable bonds is 4. The average Bonchev–Trinajstić information content (AvgIpc) is 2.57. The van der Waals surface area contributed by atoms with Crippen LogP contribution < -0.4 is 10.6 Å². The van der Waals surface area contributed by atoms with Gasteiger partial charge in [-0.2, -0.15) is 0 Å². The van der Waals surface area contributed by atoms with Crippen LogP contribution in [0.25, 0.3) is 5.57 Å². The highest BCUT2D eigenvalue weighted by Gasteiger charge is 2.10. The fourth-order valence-corrected chi connectivity index (χ4v) is 3.19. The zero-order chi connectivity index (χ0) is 17.9. The Labute approximate surface area is 146 Å². The normalized spacial score (nSPS) is 14.3. The minimum Gasteiger partial charge on any atom is -0.352 e. The first-order valence-electron chi connectivity index (χ1n) is 7.62. The molecule has 1 aliphatic rings. The molecule has 1 radical (unpaired) electrons. The van der Waals surface area contributed by atoms with Crippen molar-refractivity contribution in [3.05, 3.63) is 71.7 Å². The first-order valence-corrected chi connectivity index (χ1v) is 9.68. The molecule has 7 heteroatoms. The average molecular weight is 358 g/mol. The van der Waals surface area contributed by atoms with Crippen LogP contribution in [0, 0.1) is 12.0 Å². The molecule has 5 nitrogen and oxygen atoms in total. The zero-order valence-corrected chi connectivity index (χ0v) is 14.4. The van der Waals surface area contributed by atoms with Crippen LogP contribution in [0.4, 0.5) is 10.1 Å². The number of guanidine groups is 1. The van der Waals surface area contributed by atoms with Crippen molar-refractivity contribution < 1.29 is 12.8 Å². The summed E-state index contributed by atoms with van der Waals surface area (Å²) in [5, 5.41) is 6.24. The Morgan fingerprint density at radius 3 is 2.40 bits per heavy atom. The van der Waals surface area contributed by atoms with Gasteiger partial charge in [0.15, 0.2) is 9.84 Å². The first kappa shape index (κ1) is 17.2. The van der Waals surface area contributed by atoms with Gasteiger partial charge in [0.25, 0.3) is 0 Å². The molecule has 0 fully saturated rings. The summed E-state index contributed by atoms with van der Waals surface area (Å²) in [5.74, 6) is 0.282. The standard InChI is InChI=1S/C18H17FN3O2S/c1-25(23,24)12-13-2-8-17(9-3-13)22-18-20-10-15(11-21-18)14-4-6-16(19)7-5-14/h2-9H,10,12H2,1H3,(H2,20,21,22). The van der Waals surface area contributed by atoms with E-state index in [-0.39, 0.29) is 11.6 Å². The number of halogens is 1. The lowest BCUT2D eigenvalue weighted by atomic mass is 10.1. The fraction of sp³-hybridized carbons (Fsp3) is 0.167. The van der Waals surface area contributed by atoms with Crippen LogP contribution in [0.1, 0.15) is 11.1 Å². The van der Waals surface area contributed by atoms with Crippen LogP contribution in [-0.4, -0.2) is 27.2 Å². The fourth-order valence-electron chi connectivity index (χ4n) is 2.39. The highest BCUT2D eigenvalue weighted by atomic mass is 32.2. The number of benzene rings is 2. The Balaban J connectivity index is 1.67. The molecule has 25 heavy (non-hydrogen) atoms. The van der Waals surface area contributed by atoms with Gasteiger partial charge in [-0.1, -0.05) is 24.3 Å². The van der Waals surface area contributed by atoms with E-state index in [0.29, 0.717) is 12.5 Å². The maximum atomic E-state index is 13.0. The molecule has 0 aromatic heterocycles. The summed E-state index contributed by atoms with van der Waals surface area (Å²) in [6, 6.07) is 13.3. The number of nitrogens with one attached hydrogen (secondary N) is 2. The highest BCUT2D eigenvalue weighted by molar-refractivity contribution is 7.89. The quantitative estimate of drug-likeness (QED) is 0.881. The summed E-state index contributed by atoms with van der Waals surface area (Å²) in [6.45, 7) is 0.517. The second-order valence-corrected chi connectivity index (χ2v) is 7.94. The monoisotopic (exact) mass is 358 g/mol. The molecule has 2 aromatic carbocycles. The van der Waals surface area contributed by atoms with Crippen LogP contribution in [0.2, 0.25) is 0 Å². The number of aliphatic imine (C=N–C) groups is 1. The highest BCUT2D eigenvalue weighted by Crippen LogP contribution is 2.17. The minimum absolute atomic E-state index is 0.0179. The molecule has 0 spiro atoms. The van der Waals surface area contributed by atoms with Crippen LogP contribution >= 0.6 is 0 Å². The van der Waals surface area contributed by atoms with E-state index in [4.69, 9.17) is 0 Å². The lowest BCUT2D eigenvalue weighted by Gasteiger charge is -2.17. The van der Waals surface area contributed by atoms with Gasteiger partial charge in [0.2, 0.25) is 5.96 Å². The number of hydrogen-bond acceptors (Lipinski definition) is 5. The van der Waals surface area contributed by atoms with Crippen molar-refractivity contribution in [1.29, 1.82) is 0 Å². The molecule has 0 saturated carbocycles. The SMILES string of the molecule is CS(=O)(=O)Cc1ccc(NC2=N[C]=C(c3ccc(F)cc3)CN2)cc1. The van der Waals surface area contributed by atoms with E-state index >= 15 is 0 Å². The predicted octanol–water partition coefficient (Wildman–Crippen LogP) is 2.59. The molecule has 0 unspecified atom stereocenters. The van der Waals surface area contributed by atoms with E-state index in [1.165, 1.54) is 18.4 Å². The van der Waals surface area contributed by atoms with Crippen molar-refractivity contribution in [2.75, 3.05) is 18.1 Å². The number of anilines is 1. The molecule has 0 saturated heterocycles. The topological polar surface area (TPSA) is 70.6 Å². The third-order valence-electron chi connectivity index (χ3n) is 3.57. The van der Waals surface area contributed by atoms with Gasteiger partial charge in [0.1, 0.15) is 5.82 Å². The van der Waals surface area contributed by atoms with E-state index in [9.17, 15) is 12.8 Å². The molecule has 2 N–H and O–H groups in total. The second-order valence-electron chi connectivity index (χ2n) is 5.80. The lowest BCUT2D eigenvalue weighted by molar-refractivity contribution is 0.601. The van der Waals surface area contributed by atoms with Crippen molar-refractivity contribution in [1.82, 2.24) is 5.32 Å². The molecule has 1 heterocycles. The Bertz CT molecular complexity index is 918. The lowest BCUT2D eigenvalue weighted by Crippen LogP contribution is -2.34. The molecule has 0 bridgehead atoms. The summed E-state index contributed by atoms with van der Waals surface area (Å²) >= 11 is 0. The molecule has 1 aliphatic heterocycles. The Kier molecular flexibility index (Phi) is 4.85. The molecular formula is C18H17FN3O2S. The van der Waals surface area contributed by atoms with Crippen LogP contribution in [-0.2, 0) is 15.6 Å². The smallest absolute Gasteiger partial charge is 0.201 e. The van der Waals surface area contributed by atoms with Gasteiger partial charge < -0.3 is 10.6 Å². The van der Waals surface area contributed by atoms with Gasteiger partial charge in [-0.25, -0.2) is 17.8 Å².